The van der Waals surface area contributed by atoms with Crippen LogP contribution < -0.4 is 10.6 Å². The van der Waals surface area contributed by atoms with Gasteiger partial charge in [0.15, 0.2) is 5.96 Å². The van der Waals surface area contributed by atoms with E-state index in [1.54, 1.807) is 0 Å². The standard InChI is InChI=1S/C19H33N3O3.HI/c1-3-5-11-24-13-14-25-12-10-21-19(20-4-2)22-15-17-8-6-7-9-18(17)16-23;/h6-9,23H,3-5,10-16H2,1-2H3,(H2,20,21,22);1H. The van der Waals surface area contributed by atoms with E-state index in [9.17, 15) is 5.11 Å². The van der Waals surface area contributed by atoms with Crippen LogP contribution in [-0.4, -0.2) is 50.6 Å². The lowest BCUT2D eigenvalue weighted by Crippen LogP contribution is -2.39. The van der Waals surface area contributed by atoms with Crippen molar-refractivity contribution in [3.8, 4) is 0 Å². The number of benzene rings is 1. The van der Waals surface area contributed by atoms with Gasteiger partial charge < -0.3 is 25.2 Å². The quantitative estimate of drug-likeness (QED) is 0.176. The normalized spacial score (nSPS) is 11.1. The van der Waals surface area contributed by atoms with Crippen LogP contribution in [0.1, 0.15) is 37.8 Å². The fourth-order valence-electron chi connectivity index (χ4n) is 2.18. The van der Waals surface area contributed by atoms with Crippen molar-refractivity contribution < 1.29 is 14.6 Å². The highest BCUT2D eigenvalue weighted by Gasteiger charge is 2.01. The molecular formula is C19H34IN3O3. The molecule has 150 valence electrons. The van der Waals surface area contributed by atoms with E-state index in [1.165, 1.54) is 0 Å². The number of hydrogen-bond donors (Lipinski definition) is 3. The van der Waals surface area contributed by atoms with Crippen LogP contribution in [0.4, 0.5) is 0 Å². The van der Waals surface area contributed by atoms with Crippen molar-refractivity contribution in [1.29, 1.82) is 0 Å². The highest BCUT2D eigenvalue weighted by molar-refractivity contribution is 14.0. The number of unbranched alkanes of at least 4 members (excludes halogenated alkanes) is 1. The molecule has 0 aromatic heterocycles. The molecular weight excluding hydrogens is 445 g/mol. The summed E-state index contributed by atoms with van der Waals surface area (Å²) in [6, 6.07) is 7.79. The Morgan fingerprint density at radius 3 is 2.35 bits per heavy atom. The minimum Gasteiger partial charge on any atom is -0.392 e. The van der Waals surface area contributed by atoms with E-state index in [-0.39, 0.29) is 30.6 Å². The molecule has 0 atom stereocenters. The molecule has 0 bridgehead atoms. The first kappa shape index (κ1) is 25.1. The molecule has 26 heavy (non-hydrogen) atoms. The molecule has 0 radical (unpaired) electrons. The first-order chi connectivity index (χ1) is 12.3. The van der Waals surface area contributed by atoms with Crippen LogP contribution in [0.15, 0.2) is 29.3 Å². The molecule has 0 aliphatic rings. The SMILES string of the molecule is CCCCOCCOCCNC(=NCc1ccccc1CO)NCC.I. The second-order valence-corrected chi connectivity index (χ2v) is 5.63. The highest BCUT2D eigenvalue weighted by Crippen LogP contribution is 2.09. The lowest BCUT2D eigenvalue weighted by Gasteiger charge is -2.12. The van der Waals surface area contributed by atoms with E-state index in [2.05, 4.69) is 22.5 Å². The summed E-state index contributed by atoms with van der Waals surface area (Å²) in [5, 5.41) is 15.8. The summed E-state index contributed by atoms with van der Waals surface area (Å²) in [7, 11) is 0. The van der Waals surface area contributed by atoms with Crippen LogP contribution in [-0.2, 0) is 22.6 Å². The molecule has 0 saturated carbocycles. The van der Waals surface area contributed by atoms with Crippen molar-refractivity contribution in [1.82, 2.24) is 10.6 Å². The maximum atomic E-state index is 9.37. The van der Waals surface area contributed by atoms with Crippen molar-refractivity contribution in [3.63, 3.8) is 0 Å². The summed E-state index contributed by atoms with van der Waals surface area (Å²) in [6.45, 7) is 8.89. The van der Waals surface area contributed by atoms with Crippen molar-refractivity contribution in [3.05, 3.63) is 35.4 Å². The van der Waals surface area contributed by atoms with Gasteiger partial charge >= 0.3 is 0 Å². The number of aliphatic hydroxyl groups excluding tert-OH is 1. The molecule has 0 heterocycles. The molecule has 0 aliphatic heterocycles. The Morgan fingerprint density at radius 2 is 1.69 bits per heavy atom. The van der Waals surface area contributed by atoms with Gasteiger partial charge in [0, 0.05) is 19.7 Å². The van der Waals surface area contributed by atoms with E-state index >= 15 is 0 Å². The minimum atomic E-state index is 0. The van der Waals surface area contributed by atoms with Gasteiger partial charge in [0.25, 0.3) is 0 Å². The fraction of sp³-hybridized carbons (Fsp3) is 0.632. The summed E-state index contributed by atoms with van der Waals surface area (Å²) < 4.78 is 11.0. The third-order valence-electron chi connectivity index (χ3n) is 3.59. The number of nitrogens with zero attached hydrogens (tertiary/aromatic N) is 1. The average molecular weight is 479 g/mol. The molecule has 0 amide bonds. The number of aliphatic hydroxyl groups is 1. The molecule has 0 fully saturated rings. The Labute approximate surface area is 174 Å². The van der Waals surface area contributed by atoms with Crippen LogP contribution in [0.3, 0.4) is 0 Å². The topological polar surface area (TPSA) is 75.1 Å². The Bertz CT molecular complexity index is 487. The van der Waals surface area contributed by atoms with Gasteiger partial charge in [0.1, 0.15) is 0 Å². The summed E-state index contributed by atoms with van der Waals surface area (Å²) >= 11 is 0. The van der Waals surface area contributed by atoms with Gasteiger partial charge in [-0.1, -0.05) is 37.6 Å². The number of guanidine groups is 1. The van der Waals surface area contributed by atoms with Gasteiger partial charge in [-0.15, -0.1) is 24.0 Å². The number of rotatable bonds is 13. The van der Waals surface area contributed by atoms with Crippen molar-refractivity contribution in [2.75, 3.05) is 39.5 Å². The lowest BCUT2D eigenvalue weighted by atomic mass is 10.1. The van der Waals surface area contributed by atoms with Gasteiger partial charge in [0.05, 0.1) is 33.0 Å². The highest BCUT2D eigenvalue weighted by atomic mass is 127. The van der Waals surface area contributed by atoms with E-state index in [4.69, 9.17) is 9.47 Å². The first-order valence-corrected chi connectivity index (χ1v) is 9.17. The monoisotopic (exact) mass is 479 g/mol. The Balaban J connectivity index is 0.00000625. The predicted octanol–water partition coefficient (Wildman–Crippen LogP) is 2.69. The predicted molar refractivity (Wildman–Crippen MR) is 117 cm³/mol. The first-order valence-electron chi connectivity index (χ1n) is 9.17. The van der Waals surface area contributed by atoms with Crippen LogP contribution >= 0.6 is 24.0 Å². The average Bonchev–Trinajstić information content (AvgIpc) is 2.64. The molecule has 1 aromatic rings. The summed E-state index contributed by atoms with van der Waals surface area (Å²) in [6.07, 6.45) is 2.25. The number of hydrogen-bond acceptors (Lipinski definition) is 4. The molecule has 7 heteroatoms. The summed E-state index contributed by atoms with van der Waals surface area (Å²) in [4.78, 5) is 4.56. The van der Waals surface area contributed by atoms with Crippen molar-refractivity contribution in [2.24, 2.45) is 4.99 Å². The van der Waals surface area contributed by atoms with Gasteiger partial charge in [0.2, 0.25) is 0 Å². The maximum absolute atomic E-state index is 9.37. The second kappa shape index (κ2) is 17.5. The number of halogens is 1. The van der Waals surface area contributed by atoms with Crippen molar-refractivity contribution in [2.45, 2.75) is 39.8 Å². The fourth-order valence-corrected chi connectivity index (χ4v) is 2.18. The summed E-state index contributed by atoms with van der Waals surface area (Å²) in [5.41, 5.74) is 1.94. The van der Waals surface area contributed by atoms with E-state index in [1.807, 2.05) is 31.2 Å². The van der Waals surface area contributed by atoms with Gasteiger partial charge in [-0.25, -0.2) is 4.99 Å². The third kappa shape index (κ3) is 11.7. The zero-order valence-electron chi connectivity index (χ0n) is 16.0. The molecule has 1 aromatic carbocycles. The Hall–Kier alpha value is -0.900. The number of nitrogens with one attached hydrogen (secondary N) is 2. The van der Waals surface area contributed by atoms with Crippen LogP contribution in [0, 0.1) is 0 Å². The minimum absolute atomic E-state index is 0. The molecule has 0 aliphatic carbocycles. The lowest BCUT2D eigenvalue weighted by molar-refractivity contribution is 0.0487. The van der Waals surface area contributed by atoms with E-state index in [0.29, 0.717) is 32.9 Å². The smallest absolute Gasteiger partial charge is 0.191 e. The Kier molecular flexibility index (Phi) is 16.9. The molecule has 0 spiro atoms. The zero-order valence-corrected chi connectivity index (χ0v) is 18.3. The molecule has 0 unspecified atom stereocenters. The molecule has 0 saturated heterocycles. The van der Waals surface area contributed by atoms with Crippen LogP contribution in [0.5, 0.6) is 0 Å². The maximum Gasteiger partial charge on any atom is 0.191 e. The molecule has 3 N–H and O–H groups in total. The number of aliphatic imine (C=N–C) groups is 1. The second-order valence-electron chi connectivity index (χ2n) is 5.63. The number of ether oxygens (including phenoxy) is 2. The van der Waals surface area contributed by atoms with Crippen LogP contribution in [0.2, 0.25) is 0 Å². The largest absolute Gasteiger partial charge is 0.392 e. The van der Waals surface area contributed by atoms with E-state index in [0.717, 1.165) is 43.1 Å². The van der Waals surface area contributed by atoms with Gasteiger partial charge in [-0.05, 0) is 24.5 Å². The van der Waals surface area contributed by atoms with Gasteiger partial charge in [-0.2, -0.15) is 0 Å². The van der Waals surface area contributed by atoms with Gasteiger partial charge in [-0.3, -0.25) is 0 Å². The zero-order chi connectivity index (χ0) is 18.2. The van der Waals surface area contributed by atoms with Crippen LogP contribution in [0.25, 0.3) is 0 Å². The molecule has 1 rings (SSSR count). The molecule has 6 nitrogen and oxygen atoms in total. The van der Waals surface area contributed by atoms with Crippen molar-refractivity contribution >= 4 is 29.9 Å². The van der Waals surface area contributed by atoms with E-state index < -0.39 is 0 Å². The third-order valence-corrected chi connectivity index (χ3v) is 3.59. The summed E-state index contributed by atoms with van der Waals surface area (Å²) in [5.74, 6) is 0.748. The Morgan fingerprint density at radius 1 is 1.00 bits per heavy atom.